The first-order chi connectivity index (χ1) is 6.88. The van der Waals surface area contributed by atoms with Gasteiger partial charge in [-0.15, -0.1) is 0 Å². The normalized spacial score (nSPS) is 11.8. The van der Waals surface area contributed by atoms with E-state index in [9.17, 15) is 17.6 Å². The summed E-state index contributed by atoms with van der Waals surface area (Å²) >= 11 is 3.03. The van der Waals surface area contributed by atoms with Crippen LogP contribution in [0, 0.1) is 5.82 Å². The molecule has 0 amide bonds. The standard InChI is InChI=1S/C9H7BrF4O/c10-8-3-7(11)2-1-6(8)4-15-5-9(12,13)14/h1-3H,4-5H2. The lowest BCUT2D eigenvalue weighted by Crippen LogP contribution is -2.16. The minimum Gasteiger partial charge on any atom is -0.367 e. The van der Waals surface area contributed by atoms with E-state index in [1.165, 1.54) is 12.1 Å². The van der Waals surface area contributed by atoms with E-state index in [2.05, 4.69) is 20.7 Å². The Kier molecular flexibility index (Phi) is 4.10. The Hall–Kier alpha value is -0.620. The summed E-state index contributed by atoms with van der Waals surface area (Å²) in [6, 6.07) is 3.71. The summed E-state index contributed by atoms with van der Waals surface area (Å²) in [5, 5.41) is 0. The average molecular weight is 287 g/mol. The van der Waals surface area contributed by atoms with E-state index in [0.717, 1.165) is 6.07 Å². The summed E-state index contributed by atoms with van der Waals surface area (Å²) in [5.41, 5.74) is 0.473. The van der Waals surface area contributed by atoms with Crippen molar-refractivity contribution in [2.45, 2.75) is 12.8 Å². The van der Waals surface area contributed by atoms with Gasteiger partial charge in [0.15, 0.2) is 0 Å². The lowest BCUT2D eigenvalue weighted by Gasteiger charge is -2.08. The van der Waals surface area contributed by atoms with Gasteiger partial charge in [0.1, 0.15) is 12.4 Å². The molecule has 0 radical (unpaired) electrons. The maximum absolute atomic E-state index is 12.6. The third-order valence-corrected chi connectivity index (χ3v) is 2.28. The average Bonchev–Trinajstić information content (AvgIpc) is 2.07. The lowest BCUT2D eigenvalue weighted by atomic mass is 10.2. The van der Waals surface area contributed by atoms with Crippen LogP contribution in [0.25, 0.3) is 0 Å². The monoisotopic (exact) mass is 286 g/mol. The predicted octanol–water partition coefficient (Wildman–Crippen LogP) is 3.67. The van der Waals surface area contributed by atoms with Gasteiger partial charge in [0.25, 0.3) is 0 Å². The van der Waals surface area contributed by atoms with Crippen molar-refractivity contribution in [2.24, 2.45) is 0 Å². The molecule has 0 aromatic heterocycles. The minimum absolute atomic E-state index is 0.208. The second kappa shape index (κ2) is 4.94. The zero-order valence-corrected chi connectivity index (χ0v) is 9.03. The van der Waals surface area contributed by atoms with Crippen LogP contribution in [0.15, 0.2) is 22.7 Å². The molecule has 1 rings (SSSR count). The molecule has 0 heterocycles. The molecule has 6 heteroatoms. The highest BCUT2D eigenvalue weighted by Gasteiger charge is 2.27. The van der Waals surface area contributed by atoms with E-state index in [1.807, 2.05) is 0 Å². The van der Waals surface area contributed by atoms with Gasteiger partial charge in [-0.1, -0.05) is 22.0 Å². The molecule has 0 atom stereocenters. The first-order valence-corrected chi connectivity index (χ1v) is 4.76. The molecule has 0 fully saturated rings. The topological polar surface area (TPSA) is 9.23 Å². The fourth-order valence-electron chi connectivity index (χ4n) is 0.915. The number of benzene rings is 1. The zero-order valence-electron chi connectivity index (χ0n) is 7.44. The Labute approximate surface area is 92.2 Å². The highest BCUT2D eigenvalue weighted by Crippen LogP contribution is 2.20. The lowest BCUT2D eigenvalue weighted by molar-refractivity contribution is -0.176. The van der Waals surface area contributed by atoms with Crippen LogP contribution in [0.2, 0.25) is 0 Å². The van der Waals surface area contributed by atoms with Crippen LogP contribution < -0.4 is 0 Å². The first kappa shape index (κ1) is 12.4. The molecule has 1 aromatic carbocycles. The van der Waals surface area contributed by atoms with Crippen LogP contribution in [-0.2, 0) is 11.3 Å². The molecule has 0 saturated heterocycles. The molecule has 0 N–H and O–H groups in total. The second-order valence-electron chi connectivity index (χ2n) is 2.84. The summed E-state index contributed by atoms with van der Waals surface area (Å²) in [7, 11) is 0. The molecule has 0 aliphatic rings. The summed E-state index contributed by atoms with van der Waals surface area (Å²) in [6.07, 6.45) is -4.34. The van der Waals surface area contributed by atoms with Crippen LogP contribution in [0.4, 0.5) is 17.6 Å². The van der Waals surface area contributed by atoms with Crippen molar-refractivity contribution in [3.8, 4) is 0 Å². The van der Waals surface area contributed by atoms with Crippen molar-refractivity contribution in [3.05, 3.63) is 34.1 Å². The van der Waals surface area contributed by atoms with Crippen LogP contribution in [-0.4, -0.2) is 12.8 Å². The van der Waals surface area contributed by atoms with Crippen molar-refractivity contribution >= 4 is 15.9 Å². The number of hydrogen-bond donors (Lipinski definition) is 0. The predicted molar refractivity (Wildman–Crippen MR) is 49.8 cm³/mol. The van der Waals surface area contributed by atoms with Crippen LogP contribution >= 0.6 is 15.9 Å². The van der Waals surface area contributed by atoms with E-state index >= 15 is 0 Å². The quantitative estimate of drug-likeness (QED) is 0.771. The van der Waals surface area contributed by atoms with Crippen molar-refractivity contribution in [1.29, 1.82) is 0 Å². The Morgan fingerprint density at radius 1 is 1.27 bits per heavy atom. The van der Waals surface area contributed by atoms with Gasteiger partial charge in [0.05, 0.1) is 6.61 Å². The highest BCUT2D eigenvalue weighted by molar-refractivity contribution is 9.10. The van der Waals surface area contributed by atoms with Crippen molar-refractivity contribution in [3.63, 3.8) is 0 Å². The summed E-state index contributed by atoms with van der Waals surface area (Å²) < 4.78 is 52.6. The van der Waals surface area contributed by atoms with Gasteiger partial charge in [-0.3, -0.25) is 0 Å². The molecule has 0 saturated carbocycles. The number of alkyl halides is 3. The second-order valence-corrected chi connectivity index (χ2v) is 3.70. The summed E-state index contributed by atoms with van der Waals surface area (Å²) in [5.74, 6) is -0.457. The van der Waals surface area contributed by atoms with E-state index in [1.54, 1.807) is 0 Å². The molecule has 0 bridgehead atoms. The van der Waals surface area contributed by atoms with Crippen LogP contribution in [0.1, 0.15) is 5.56 Å². The third-order valence-electron chi connectivity index (χ3n) is 1.54. The molecular weight excluding hydrogens is 280 g/mol. The van der Waals surface area contributed by atoms with Gasteiger partial charge < -0.3 is 4.74 Å². The molecule has 0 aliphatic carbocycles. The van der Waals surface area contributed by atoms with E-state index in [-0.39, 0.29) is 6.61 Å². The van der Waals surface area contributed by atoms with E-state index in [0.29, 0.717) is 10.0 Å². The van der Waals surface area contributed by atoms with Gasteiger partial charge >= 0.3 is 6.18 Å². The number of hydrogen-bond acceptors (Lipinski definition) is 1. The molecule has 0 spiro atoms. The highest BCUT2D eigenvalue weighted by atomic mass is 79.9. The van der Waals surface area contributed by atoms with Gasteiger partial charge in [-0.05, 0) is 17.7 Å². The maximum atomic E-state index is 12.6. The number of ether oxygens (including phenoxy) is 1. The van der Waals surface area contributed by atoms with Gasteiger partial charge in [0.2, 0.25) is 0 Å². The minimum atomic E-state index is -4.34. The molecule has 1 nitrogen and oxygen atoms in total. The zero-order chi connectivity index (χ0) is 11.5. The maximum Gasteiger partial charge on any atom is 0.411 e. The molecular formula is C9H7BrF4O. The summed E-state index contributed by atoms with van der Waals surface area (Å²) in [4.78, 5) is 0. The van der Waals surface area contributed by atoms with Gasteiger partial charge in [0, 0.05) is 4.47 Å². The number of rotatable bonds is 3. The van der Waals surface area contributed by atoms with Gasteiger partial charge in [-0.2, -0.15) is 13.2 Å². The molecule has 1 aromatic rings. The van der Waals surface area contributed by atoms with Crippen molar-refractivity contribution in [2.75, 3.05) is 6.61 Å². The first-order valence-electron chi connectivity index (χ1n) is 3.97. The number of halogens is 5. The van der Waals surface area contributed by atoms with E-state index < -0.39 is 18.6 Å². The fourth-order valence-corrected chi connectivity index (χ4v) is 1.38. The fraction of sp³-hybridized carbons (Fsp3) is 0.333. The molecule has 15 heavy (non-hydrogen) atoms. The van der Waals surface area contributed by atoms with Gasteiger partial charge in [-0.25, -0.2) is 4.39 Å². The van der Waals surface area contributed by atoms with Crippen molar-refractivity contribution in [1.82, 2.24) is 0 Å². The SMILES string of the molecule is Fc1ccc(COCC(F)(F)F)c(Br)c1. The molecule has 84 valence electrons. The van der Waals surface area contributed by atoms with E-state index in [4.69, 9.17) is 0 Å². The largest absolute Gasteiger partial charge is 0.411 e. The Morgan fingerprint density at radius 2 is 1.93 bits per heavy atom. The van der Waals surface area contributed by atoms with Crippen LogP contribution in [0.3, 0.4) is 0 Å². The Morgan fingerprint density at radius 3 is 2.47 bits per heavy atom. The summed E-state index contributed by atoms with van der Waals surface area (Å²) in [6.45, 7) is -1.52. The smallest absolute Gasteiger partial charge is 0.367 e. The van der Waals surface area contributed by atoms with Crippen LogP contribution in [0.5, 0.6) is 0 Å². The Balaban J connectivity index is 2.51. The third kappa shape index (κ3) is 4.61. The Bertz CT molecular complexity index is 337. The molecule has 0 unspecified atom stereocenters. The molecule has 0 aliphatic heterocycles. The van der Waals surface area contributed by atoms with Crippen molar-refractivity contribution < 1.29 is 22.3 Å².